The fourth-order valence-corrected chi connectivity index (χ4v) is 4.58. The average Bonchev–Trinajstić information content (AvgIpc) is 3.46. The van der Waals surface area contributed by atoms with E-state index in [1.165, 1.54) is 6.26 Å². The molecule has 0 fully saturated rings. The van der Waals surface area contributed by atoms with Crippen molar-refractivity contribution in [2.24, 2.45) is 0 Å². The number of benzene rings is 2. The van der Waals surface area contributed by atoms with E-state index in [1.54, 1.807) is 23.5 Å². The molecular formula is C24H23N3O3S. The zero-order valence-corrected chi connectivity index (χ0v) is 17.9. The van der Waals surface area contributed by atoms with Crippen LogP contribution >= 0.6 is 11.3 Å². The van der Waals surface area contributed by atoms with Crippen LogP contribution in [0.3, 0.4) is 0 Å². The first-order chi connectivity index (χ1) is 15.1. The SMILES string of the molecule is C[C@@](Cc1nc2ccccc2s1)(C(=O)NCCNC(=O)c1ccco1)c1ccccc1. The van der Waals surface area contributed by atoms with Crippen LogP contribution in [-0.2, 0) is 16.6 Å². The number of carbonyl (C=O) groups excluding carboxylic acids is 2. The zero-order chi connectivity index (χ0) is 21.7. The number of fused-ring (bicyclic) bond motifs is 1. The van der Waals surface area contributed by atoms with Gasteiger partial charge in [0.15, 0.2) is 5.76 Å². The monoisotopic (exact) mass is 433 g/mol. The fourth-order valence-electron chi connectivity index (χ4n) is 3.46. The molecule has 0 aliphatic rings. The van der Waals surface area contributed by atoms with Crippen LogP contribution in [-0.4, -0.2) is 29.9 Å². The summed E-state index contributed by atoms with van der Waals surface area (Å²) in [6.45, 7) is 2.55. The number of aromatic nitrogens is 1. The molecule has 0 bridgehead atoms. The van der Waals surface area contributed by atoms with E-state index >= 15 is 0 Å². The van der Waals surface area contributed by atoms with E-state index in [4.69, 9.17) is 9.40 Å². The predicted octanol–water partition coefficient (Wildman–Crippen LogP) is 3.94. The Kier molecular flexibility index (Phi) is 6.13. The van der Waals surface area contributed by atoms with Crippen molar-refractivity contribution < 1.29 is 14.0 Å². The first-order valence-corrected chi connectivity index (χ1v) is 10.9. The van der Waals surface area contributed by atoms with Crippen molar-refractivity contribution in [3.8, 4) is 0 Å². The molecule has 0 aliphatic carbocycles. The maximum Gasteiger partial charge on any atom is 0.287 e. The number of hydrogen-bond donors (Lipinski definition) is 2. The molecule has 158 valence electrons. The molecule has 0 spiro atoms. The normalized spacial score (nSPS) is 12.9. The molecule has 1 atom stereocenters. The maximum atomic E-state index is 13.3. The summed E-state index contributed by atoms with van der Waals surface area (Å²) < 4.78 is 6.18. The van der Waals surface area contributed by atoms with Gasteiger partial charge in [-0.25, -0.2) is 4.98 Å². The topological polar surface area (TPSA) is 84.2 Å². The van der Waals surface area contributed by atoms with Gasteiger partial charge in [0.1, 0.15) is 0 Å². The Morgan fingerprint density at radius 1 is 0.968 bits per heavy atom. The number of furan rings is 1. The Morgan fingerprint density at radius 3 is 2.45 bits per heavy atom. The molecular weight excluding hydrogens is 410 g/mol. The Hall–Kier alpha value is -3.45. The van der Waals surface area contributed by atoms with Gasteiger partial charge in [0.2, 0.25) is 5.91 Å². The minimum Gasteiger partial charge on any atom is -0.459 e. The number of nitrogens with one attached hydrogen (secondary N) is 2. The third-order valence-electron chi connectivity index (χ3n) is 5.20. The summed E-state index contributed by atoms with van der Waals surface area (Å²) in [5.74, 6) is -0.166. The van der Waals surface area contributed by atoms with E-state index in [0.29, 0.717) is 19.5 Å². The lowest BCUT2D eigenvalue weighted by molar-refractivity contribution is -0.126. The number of thiazole rings is 1. The first-order valence-electron chi connectivity index (χ1n) is 10.1. The molecule has 0 aliphatic heterocycles. The minimum atomic E-state index is -0.792. The Balaban J connectivity index is 1.46. The number of carbonyl (C=O) groups is 2. The summed E-state index contributed by atoms with van der Waals surface area (Å²) in [7, 11) is 0. The van der Waals surface area contributed by atoms with Crippen molar-refractivity contribution in [2.45, 2.75) is 18.8 Å². The van der Waals surface area contributed by atoms with E-state index in [9.17, 15) is 9.59 Å². The lowest BCUT2D eigenvalue weighted by Gasteiger charge is -2.28. The molecule has 0 saturated carbocycles. The van der Waals surface area contributed by atoms with Gasteiger partial charge in [-0.05, 0) is 36.8 Å². The predicted molar refractivity (Wildman–Crippen MR) is 121 cm³/mol. The molecule has 4 aromatic rings. The number of rotatable bonds is 8. The van der Waals surface area contributed by atoms with Crippen LogP contribution in [0.4, 0.5) is 0 Å². The summed E-state index contributed by atoms with van der Waals surface area (Å²) in [5.41, 5.74) is 1.07. The highest BCUT2D eigenvalue weighted by Crippen LogP contribution is 2.32. The highest BCUT2D eigenvalue weighted by molar-refractivity contribution is 7.18. The molecule has 2 amide bonds. The minimum absolute atomic E-state index is 0.106. The van der Waals surface area contributed by atoms with Gasteiger partial charge >= 0.3 is 0 Å². The lowest BCUT2D eigenvalue weighted by atomic mass is 9.78. The van der Waals surface area contributed by atoms with Crippen molar-refractivity contribution in [3.05, 3.63) is 89.3 Å². The van der Waals surface area contributed by atoms with E-state index in [0.717, 1.165) is 20.8 Å². The number of para-hydroxylation sites is 1. The van der Waals surface area contributed by atoms with Crippen LogP contribution in [0.1, 0.15) is 28.0 Å². The average molecular weight is 434 g/mol. The second-order valence-corrected chi connectivity index (χ2v) is 8.55. The number of amides is 2. The third kappa shape index (κ3) is 4.67. The first kappa shape index (κ1) is 20.8. The molecule has 0 radical (unpaired) electrons. The van der Waals surface area contributed by atoms with Crippen molar-refractivity contribution in [2.75, 3.05) is 13.1 Å². The van der Waals surface area contributed by atoms with Gasteiger partial charge in [0, 0.05) is 19.5 Å². The lowest BCUT2D eigenvalue weighted by Crippen LogP contribution is -2.46. The van der Waals surface area contributed by atoms with Gasteiger partial charge in [-0.2, -0.15) is 0 Å². The van der Waals surface area contributed by atoms with Crippen LogP contribution in [0.5, 0.6) is 0 Å². The number of hydrogen-bond acceptors (Lipinski definition) is 5. The van der Waals surface area contributed by atoms with Gasteiger partial charge in [-0.15, -0.1) is 11.3 Å². The van der Waals surface area contributed by atoms with Gasteiger partial charge in [0.05, 0.1) is 26.9 Å². The van der Waals surface area contributed by atoms with E-state index < -0.39 is 5.41 Å². The Labute approximate surface area is 184 Å². The van der Waals surface area contributed by atoms with Crippen molar-refractivity contribution >= 4 is 33.4 Å². The summed E-state index contributed by atoms with van der Waals surface area (Å²) in [6.07, 6.45) is 1.94. The summed E-state index contributed by atoms with van der Waals surface area (Å²) in [4.78, 5) is 30.0. The molecule has 6 nitrogen and oxygen atoms in total. The molecule has 0 saturated heterocycles. The standard InChI is InChI=1S/C24H23N3O3S/c1-24(17-8-3-2-4-9-17,16-21-27-18-10-5-6-12-20(18)31-21)23(29)26-14-13-25-22(28)19-11-7-15-30-19/h2-12,15H,13-14,16H2,1H3,(H,25,28)(H,26,29)/t24-/m0/s1. The molecule has 4 rings (SSSR count). The molecule has 2 aromatic heterocycles. The summed E-state index contributed by atoms with van der Waals surface area (Å²) in [5, 5.41) is 6.62. The molecule has 2 heterocycles. The summed E-state index contributed by atoms with van der Waals surface area (Å²) in [6, 6.07) is 21.0. The zero-order valence-electron chi connectivity index (χ0n) is 17.1. The maximum absolute atomic E-state index is 13.3. The molecule has 2 N–H and O–H groups in total. The quantitative estimate of drug-likeness (QED) is 0.412. The fraction of sp³-hybridized carbons (Fsp3) is 0.208. The molecule has 2 aromatic carbocycles. The van der Waals surface area contributed by atoms with E-state index in [2.05, 4.69) is 10.6 Å². The van der Waals surface area contributed by atoms with Gasteiger partial charge in [-0.3, -0.25) is 9.59 Å². The molecule has 0 unspecified atom stereocenters. The van der Waals surface area contributed by atoms with Gasteiger partial charge < -0.3 is 15.1 Å². The second kappa shape index (κ2) is 9.14. The van der Waals surface area contributed by atoms with Gasteiger partial charge in [0.25, 0.3) is 5.91 Å². The Morgan fingerprint density at radius 2 is 1.71 bits per heavy atom. The van der Waals surface area contributed by atoms with Crippen molar-refractivity contribution in [1.82, 2.24) is 15.6 Å². The van der Waals surface area contributed by atoms with Crippen LogP contribution < -0.4 is 10.6 Å². The summed E-state index contributed by atoms with van der Waals surface area (Å²) >= 11 is 1.61. The van der Waals surface area contributed by atoms with Crippen LogP contribution in [0.2, 0.25) is 0 Å². The highest BCUT2D eigenvalue weighted by Gasteiger charge is 2.36. The van der Waals surface area contributed by atoms with Gasteiger partial charge in [-0.1, -0.05) is 42.5 Å². The third-order valence-corrected chi connectivity index (χ3v) is 6.23. The van der Waals surface area contributed by atoms with Crippen LogP contribution in [0.25, 0.3) is 10.2 Å². The molecule has 7 heteroatoms. The van der Waals surface area contributed by atoms with Crippen LogP contribution in [0.15, 0.2) is 77.4 Å². The molecule has 31 heavy (non-hydrogen) atoms. The second-order valence-electron chi connectivity index (χ2n) is 7.44. The Bertz CT molecular complexity index is 1140. The largest absolute Gasteiger partial charge is 0.459 e. The smallest absolute Gasteiger partial charge is 0.287 e. The number of nitrogens with zero attached hydrogens (tertiary/aromatic N) is 1. The van der Waals surface area contributed by atoms with Crippen molar-refractivity contribution in [1.29, 1.82) is 0 Å². The van der Waals surface area contributed by atoms with Crippen molar-refractivity contribution in [3.63, 3.8) is 0 Å². The van der Waals surface area contributed by atoms with E-state index in [-0.39, 0.29) is 17.6 Å². The highest BCUT2D eigenvalue weighted by atomic mass is 32.1. The van der Waals surface area contributed by atoms with Crippen LogP contribution in [0, 0.1) is 0 Å². The van der Waals surface area contributed by atoms with E-state index in [1.807, 2.05) is 61.5 Å².